The molecule has 10 aromatic rings. The largest absolute Gasteiger partial charge is 0.309 e. The van der Waals surface area contributed by atoms with Crippen LogP contribution in [0.2, 0.25) is 0 Å². The Kier molecular flexibility index (Phi) is 7.05. The first kappa shape index (κ1) is 31.0. The van der Waals surface area contributed by atoms with Crippen molar-refractivity contribution in [2.24, 2.45) is 0 Å². The lowest BCUT2D eigenvalue weighted by molar-refractivity contribution is 1.04. The van der Waals surface area contributed by atoms with E-state index < -0.39 is 0 Å². The smallest absolute Gasteiger partial charge is 0.164 e. The summed E-state index contributed by atoms with van der Waals surface area (Å²) < 4.78 is 2.36. The van der Waals surface area contributed by atoms with Gasteiger partial charge in [0.1, 0.15) is 0 Å². The number of hydrogen-bond acceptors (Lipinski definition) is 3. The minimum Gasteiger partial charge on any atom is -0.309 e. The lowest BCUT2D eigenvalue weighted by Crippen LogP contribution is -2.03. The molecule has 4 heteroatoms. The van der Waals surface area contributed by atoms with Crippen LogP contribution in [0.5, 0.6) is 0 Å². The van der Waals surface area contributed by atoms with E-state index >= 15 is 0 Å². The molecule has 0 aliphatic heterocycles. The average molecular weight is 699 g/mol. The van der Waals surface area contributed by atoms with E-state index in [1.165, 1.54) is 54.2 Å². The molecule has 8 aromatic carbocycles. The lowest BCUT2D eigenvalue weighted by atomic mass is 9.95. The summed E-state index contributed by atoms with van der Waals surface area (Å²) in [6.45, 7) is 0. The Morgan fingerprint density at radius 3 is 1.96 bits per heavy atom. The van der Waals surface area contributed by atoms with Gasteiger partial charge in [0.2, 0.25) is 0 Å². The Morgan fingerprint density at radius 1 is 0.400 bits per heavy atom. The molecule has 254 valence electrons. The molecule has 0 bridgehead atoms. The van der Waals surface area contributed by atoms with Gasteiger partial charge >= 0.3 is 0 Å². The molecule has 0 atom stereocenters. The van der Waals surface area contributed by atoms with Gasteiger partial charge in [0.25, 0.3) is 0 Å². The zero-order valence-electron chi connectivity index (χ0n) is 29.6. The normalized spacial score (nSPS) is 12.4. The van der Waals surface area contributed by atoms with E-state index in [1.54, 1.807) is 0 Å². The number of rotatable bonds is 5. The van der Waals surface area contributed by atoms with Gasteiger partial charge in [0.15, 0.2) is 17.5 Å². The second-order valence-electron chi connectivity index (χ2n) is 13.9. The van der Waals surface area contributed by atoms with Crippen LogP contribution in [0.15, 0.2) is 193 Å². The van der Waals surface area contributed by atoms with E-state index in [0.717, 1.165) is 33.4 Å². The third kappa shape index (κ3) is 5.22. The van der Waals surface area contributed by atoms with Crippen LogP contribution in [-0.2, 0) is 0 Å². The van der Waals surface area contributed by atoms with Gasteiger partial charge in [0, 0.05) is 33.2 Å². The minimum atomic E-state index is 0.597. The van der Waals surface area contributed by atoms with Crippen molar-refractivity contribution < 1.29 is 0 Å². The Balaban J connectivity index is 1.05. The average Bonchev–Trinajstić information content (AvgIpc) is 3.61. The van der Waals surface area contributed by atoms with Crippen LogP contribution >= 0.6 is 0 Å². The van der Waals surface area contributed by atoms with Gasteiger partial charge < -0.3 is 4.57 Å². The van der Waals surface area contributed by atoms with Crippen molar-refractivity contribution in [3.8, 4) is 39.6 Å². The standard InChI is InChI=1S/C51H30N4/c1-3-13-35(14-4-1)49-52-50(36-15-5-2-6-16-36)54-51(53-49)40-17-11-18-41(31-40)55-46-21-10-9-20-44(46)48-43-28-26-37(30-39(43)27-29-47(48)55)38-25-24-34-23-22-33-12-7-8-19-42(33)45(34)32-38/h1,3-5,7-32H. The highest BCUT2D eigenvalue weighted by atomic mass is 15.0. The molecule has 0 radical (unpaired) electrons. The van der Waals surface area contributed by atoms with Gasteiger partial charge in [-0.1, -0.05) is 139 Å². The Hall–Kier alpha value is -7.61. The van der Waals surface area contributed by atoms with Crippen LogP contribution in [0, 0.1) is 0 Å². The Morgan fingerprint density at radius 2 is 1.09 bits per heavy atom. The monoisotopic (exact) mass is 698 g/mol. The van der Waals surface area contributed by atoms with E-state index in [9.17, 15) is 0 Å². The maximum atomic E-state index is 5.00. The highest BCUT2D eigenvalue weighted by Crippen LogP contribution is 2.39. The molecule has 4 nitrogen and oxygen atoms in total. The molecule has 0 N–H and O–H groups in total. The number of fused-ring (bicyclic) bond motifs is 8. The highest BCUT2D eigenvalue weighted by Gasteiger charge is 2.18. The van der Waals surface area contributed by atoms with E-state index in [4.69, 9.17) is 15.0 Å². The third-order valence-electron chi connectivity index (χ3n) is 10.7. The second kappa shape index (κ2) is 12.5. The summed E-state index contributed by atoms with van der Waals surface area (Å²) in [5.41, 5.74) is 14.5. The van der Waals surface area contributed by atoms with Gasteiger partial charge in [-0.05, 0) is 98.1 Å². The summed E-state index contributed by atoms with van der Waals surface area (Å²) in [6.07, 6.45) is 5.65. The molecule has 0 spiro atoms. The van der Waals surface area contributed by atoms with Crippen molar-refractivity contribution in [3.63, 3.8) is 0 Å². The summed E-state index contributed by atoms with van der Waals surface area (Å²) in [4.78, 5) is 14.9. The number of para-hydroxylation sites is 1. The minimum absolute atomic E-state index is 0.597. The van der Waals surface area contributed by atoms with E-state index in [0.29, 0.717) is 17.5 Å². The summed E-state index contributed by atoms with van der Waals surface area (Å²) in [7, 11) is 0. The summed E-state index contributed by atoms with van der Waals surface area (Å²) in [5, 5.41) is 9.95. The van der Waals surface area contributed by atoms with Crippen molar-refractivity contribution >= 4 is 59.7 Å². The fraction of sp³-hybridized carbons (Fsp3) is 0. The van der Waals surface area contributed by atoms with E-state index in [1.807, 2.05) is 48.6 Å². The van der Waals surface area contributed by atoms with Gasteiger partial charge in [0.05, 0.1) is 11.0 Å². The first-order valence-electron chi connectivity index (χ1n) is 18.4. The van der Waals surface area contributed by atoms with Crippen LogP contribution in [0.3, 0.4) is 0 Å². The molecule has 2 heterocycles. The van der Waals surface area contributed by atoms with Crippen molar-refractivity contribution in [3.05, 3.63) is 199 Å². The van der Waals surface area contributed by atoms with E-state index in [-0.39, 0.29) is 0 Å². The molecule has 0 unspecified atom stereocenters. The van der Waals surface area contributed by atoms with Crippen LogP contribution < -0.4 is 0 Å². The Bertz CT molecular complexity index is 3340. The fourth-order valence-corrected chi connectivity index (χ4v) is 8.06. The topological polar surface area (TPSA) is 43.6 Å². The number of benzene rings is 8. The molecule has 11 rings (SSSR count). The van der Waals surface area contributed by atoms with Crippen molar-refractivity contribution in [1.29, 1.82) is 0 Å². The molecule has 0 saturated heterocycles. The molecule has 55 heavy (non-hydrogen) atoms. The SMILES string of the molecule is C1=C=CC(c2nc(-c3ccccc3)nc(-c3cccc(-n4c5ccccc5c5c6ccc(-c7ccc8ccc9ccccc9c8c7)cc6ccc54)c3)n2)=CC=1. The van der Waals surface area contributed by atoms with Gasteiger partial charge in [-0.2, -0.15) is 0 Å². The highest BCUT2D eigenvalue weighted by molar-refractivity contribution is 6.21. The molecule has 0 amide bonds. The predicted octanol–water partition coefficient (Wildman–Crippen LogP) is 12.7. The summed E-state index contributed by atoms with van der Waals surface area (Å²) in [6, 6.07) is 58.5. The first-order chi connectivity index (χ1) is 27.2. The maximum absolute atomic E-state index is 5.00. The molecule has 2 aromatic heterocycles. The lowest BCUT2D eigenvalue weighted by Gasteiger charge is -2.12. The number of hydrogen-bond donors (Lipinski definition) is 0. The van der Waals surface area contributed by atoms with Crippen LogP contribution in [0.25, 0.3) is 99.3 Å². The summed E-state index contributed by atoms with van der Waals surface area (Å²) in [5.74, 6) is 1.83. The Labute approximate surface area is 317 Å². The molecule has 0 saturated carbocycles. The second-order valence-corrected chi connectivity index (χ2v) is 13.9. The van der Waals surface area contributed by atoms with Crippen LogP contribution in [0.1, 0.15) is 5.82 Å². The number of aromatic nitrogens is 4. The van der Waals surface area contributed by atoms with Crippen LogP contribution in [0.4, 0.5) is 0 Å². The van der Waals surface area contributed by atoms with Crippen LogP contribution in [-0.4, -0.2) is 19.5 Å². The predicted molar refractivity (Wildman–Crippen MR) is 227 cm³/mol. The van der Waals surface area contributed by atoms with Gasteiger partial charge in [-0.3, -0.25) is 0 Å². The molecule has 1 aliphatic carbocycles. The van der Waals surface area contributed by atoms with Gasteiger partial charge in [-0.15, -0.1) is 0 Å². The van der Waals surface area contributed by atoms with Crippen molar-refractivity contribution in [2.45, 2.75) is 0 Å². The summed E-state index contributed by atoms with van der Waals surface area (Å²) >= 11 is 0. The molecule has 0 fully saturated rings. The number of allylic oxidation sites excluding steroid dienone is 4. The number of nitrogens with zero attached hydrogens (tertiary/aromatic N) is 4. The van der Waals surface area contributed by atoms with Crippen molar-refractivity contribution in [1.82, 2.24) is 19.5 Å². The molecule has 1 aliphatic rings. The first-order valence-corrected chi connectivity index (χ1v) is 18.4. The fourth-order valence-electron chi connectivity index (χ4n) is 8.06. The van der Waals surface area contributed by atoms with Gasteiger partial charge in [-0.25, -0.2) is 15.0 Å². The zero-order chi connectivity index (χ0) is 36.3. The van der Waals surface area contributed by atoms with Crippen molar-refractivity contribution in [2.75, 3.05) is 0 Å². The molecular weight excluding hydrogens is 669 g/mol. The molecular formula is C51H30N4. The third-order valence-corrected chi connectivity index (χ3v) is 10.7. The zero-order valence-corrected chi connectivity index (χ0v) is 29.6. The maximum Gasteiger partial charge on any atom is 0.164 e. The quantitative estimate of drug-likeness (QED) is 0.133. The van der Waals surface area contributed by atoms with E-state index in [2.05, 4.69) is 149 Å².